The predicted octanol–water partition coefficient (Wildman–Crippen LogP) is 12.7. The molecule has 0 radical (unpaired) electrons. The molecule has 0 saturated carbocycles. The Labute approximate surface area is 288 Å². The standard InChI is InChI=1S/C42H69NO2S/c1-3-5-6-7-8-9-10-11-12-13-14-15-16-17-18-19-20-21-22-23-29-42(44)45-41-28-24-26-37-36-38(30-31-40(37)41)43(33-4-2)34-32-39-27-25-35-46-39/h24-28,35,38H,3-23,29-34,36H2,1-2H3. The minimum atomic E-state index is -0.0542. The zero-order valence-electron chi connectivity index (χ0n) is 30.0. The lowest BCUT2D eigenvalue weighted by Gasteiger charge is -2.35. The van der Waals surface area contributed by atoms with Crippen LogP contribution in [-0.4, -0.2) is 30.0 Å². The molecule has 1 atom stereocenters. The second-order valence-electron chi connectivity index (χ2n) is 14.1. The molecule has 0 fully saturated rings. The summed E-state index contributed by atoms with van der Waals surface area (Å²) in [4.78, 5) is 16.9. The van der Waals surface area contributed by atoms with Gasteiger partial charge in [0.2, 0.25) is 0 Å². The first-order chi connectivity index (χ1) is 22.7. The predicted molar refractivity (Wildman–Crippen MR) is 200 cm³/mol. The van der Waals surface area contributed by atoms with Gasteiger partial charge in [-0.1, -0.05) is 154 Å². The number of hydrogen-bond donors (Lipinski definition) is 0. The van der Waals surface area contributed by atoms with E-state index in [-0.39, 0.29) is 5.97 Å². The molecular weight excluding hydrogens is 583 g/mol. The molecule has 46 heavy (non-hydrogen) atoms. The van der Waals surface area contributed by atoms with E-state index in [1.54, 1.807) is 0 Å². The molecule has 1 aromatic carbocycles. The van der Waals surface area contributed by atoms with Crippen LogP contribution in [0.3, 0.4) is 0 Å². The van der Waals surface area contributed by atoms with Crippen LogP contribution in [0.4, 0.5) is 0 Å². The van der Waals surface area contributed by atoms with Crippen LogP contribution in [0.1, 0.15) is 178 Å². The van der Waals surface area contributed by atoms with Crippen LogP contribution < -0.4 is 4.74 Å². The van der Waals surface area contributed by atoms with Gasteiger partial charge in [0.05, 0.1) is 0 Å². The first kappa shape index (κ1) is 38.8. The van der Waals surface area contributed by atoms with Gasteiger partial charge in [-0.05, 0) is 73.7 Å². The third-order valence-corrected chi connectivity index (χ3v) is 11.1. The van der Waals surface area contributed by atoms with Crippen LogP contribution in [0.5, 0.6) is 5.75 Å². The molecule has 3 rings (SSSR count). The van der Waals surface area contributed by atoms with Gasteiger partial charge in [0.15, 0.2) is 0 Å². The maximum Gasteiger partial charge on any atom is 0.311 e. The van der Waals surface area contributed by atoms with Crippen molar-refractivity contribution in [2.24, 2.45) is 0 Å². The maximum atomic E-state index is 12.7. The average molecular weight is 652 g/mol. The number of benzene rings is 1. The Kier molecular flexibility index (Phi) is 21.4. The van der Waals surface area contributed by atoms with Gasteiger partial charge in [-0.2, -0.15) is 0 Å². The lowest BCUT2D eigenvalue weighted by molar-refractivity contribution is -0.134. The fourth-order valence-electron chi connectivity index (χ4n) is 7.33. The number of esters is 1. The third-order valence-electron chi connectivity index (χ3n) is 10.1. The van der Waals surface area contributed by atoms with Gasteiger partial charge in [0.25, 0.3) is 0 Å². The molecule has 0 amide bonds. The van der Waals surface area contributed by atoms with Crippen molar-refractivity contribution in [3.05, 3.63) is 51.7 Å². The normalized spacial score (nSPS) is 14.5. The summed E-state index contributed by atoms with van der Waals surface area (Å²) in [5, 5.41) is 2.18. The number of thiophene rings is 1. The maximum absolute atomic E-state index is 12.7. The van der Waals surface area contributed by atoms with Crippen LogP contribution >= 0.6 is 11.3 Å². The quantitative estimate of drug-likeness (QED) is 0.0521. The average Bonchev–Trinajstić information content (AvgIpc) is 3.59. The number of unbranched alkanes of at least 4 members (excludes halogenated alkanes) is 19. The summed E-state index contributed by atoms with van der Waals surface area (Å²) in [6.07, 6.45) is 33.5. The topological polar surface area (TPSA) is 29.5 Å². The number of hydrogen-bond acceptors (Lipinski definition) is 4. The van der Waals surface area contributed by atoms with Crippen molar-refractivity contribution < 1.29 is 9.53 Å². The summed E-state index contributed by atoms with van der Waals surface area (Å²) in [6.45, 7) is 6.86. The van der Waals surface area contributed by atoms with E-state index in [4.69, 9.17) is 4.74 Å². The lowest BCUT2D eigenvalue weighted by atomic mass is 9.86. The van der Waals surface area contributed by atoms with Crippen molar-refractivity contribution in [1.82, 2.24) is 4.90 Å². The molecule has 1 heterocycles. The second-order valence-corrected chi connectivity index (χ2v) is 15.1. The lowest BCUT2D eigenvalue weighted by Crippen LogP contribution is -2.41. The smallest absolute Gasteiger partial charge is 0.311 e. The van der Waals surface area contributed by atoms with E-state index in [0.29, 0.717) is 12.5 Å². The second kappa shape index (κ2) is 25.4. The molecule has 1 aliphatic carbocycles. The van der Waals surface area contributed by atoms with Crippen LogP contribution in [0, 0.1) is 0 Å². The van der Waals surface area contributed by atoms with Gasteiger partial charge in [-0.15, -0.1) is 11.3 Å². The first-order valence-corrected chi connectivity index (χ1v) is 20.7. The molecule has 0 bridgehead atoms. The van der Waals surface area contributed by atoms with E-state index >= 15 is 0 Å². The molecule has 260 valence electrons. The molecule has 0 spiro atoms. The SMILES string of the molecule is CCCCCCCCCCCCCCCCCCCCCCC(=O)Oc1cccc2c1CCC(N(CCC)CCc1cccs1)C2. The fraction of sp³-hybridized carbons (Fsp3) is 0.738. The molecule has 3 nitrogen and oxygen atoms in total. The van der Waals surface area contributed by atoms with E-state index in [9.17, 15) is 4.79 Å². The van der Waals surface area contributed by atoms with E-state index < -0.39 is 0 Å². The molecule has 0 N–H and O–H groups in total. The highest BCUT2D eigenvalue weighted by molar-refractivity contribution is 7.09. The van der Waals surface area contributed by atoms with Gasteiger partial charge in [0.1, 0.15) is 5.75 Å². The summed E-state index contributed by atoms with van der Waals surface area (Å²) in [7, 11) is 0. The summed E-state index contributed by atoms with van der Waals surface area (Å²) in [5.41, 5.74) is 2.64. The summed E-state index contributed by atoms with van der Waals surface area (Å²) >= 11 is 1.87. The Hall–Kier alpha value is -1.65. The number of fused-ring (bicyclic) bond motifs is 1. The van der Waals surface area contributed by atoms with Gasteiger partial charge in [-0.3, -0.25) is 9.69 Å². The zero-order valence-corrected chi connectivity index (χ0v) is 30.8. The van der Waals surface area contributed by atoms with Crippen molar-refractivity contribution in [3.63, 3.8) is 0 Å². The van der Waals surface area contributed by atoms with Crippen molar-refractivity contribution in [3.8, 4) is 5.75 Å². The highest BCUT2D eigenvalue weighted by Crippen LogP contribution is 2.32. The highest BCUT2D eigenvalue weighted by atomic mass is 32.1. The number of ether oxygens (including phenoxy) is 1. The largest absolute Gasteiger partial charge is 0.426 e. The van der Waals surface area contributed by atoms with Crippen molar-refractivity contribution in [1.29, 1.82) is 0 Å². The number of nitrogens with zero attached hydrogens (tertiary/aromatic N) is 1. The van der Waals surface area contributed by atoms with E-state index in [1.807, 2.05) is 17.4 Å². The highest BCUT2D eigenvalue weighted by Gasteiger charge is 2.26. The van der Waals surface area contributed by atoms with E-state index in [1.165, 1.54) is 138 Å². The van der Waals surface area contributed by atoms with E-state index in [2.05, 4.69) is 48.4 Å². The summed E-state index contributed by atoms with van der Waals surface area (Å²) < 4.78 is 5.94. The van der Waals surface area contributed by atoms with Crippen LogP contribution in [-0.2, 0) is 24.1 Å². The molecule has 4 heteroatoms. The molecule has 1 unspecified atom stereocenters. The van der Waals surface area contributed by atoms with Gasteiger partial charge < -0.3 is 4.74 Å². The molecular formula is C42H69NO2S. The van der Waals surface area contributed by atoms with E-state index in [0.717, 1.165) is 57.4 Å². The van der Waals surface area contributed by atoms with Crippen LogP contribution in [0.2, 0.25) is 0 Å². The van der Waals surface area contributed by atoms with Gasteiger partial charge >= 0.3 is 5.97 Å². The molecule has 0 saturated heterocycles. The van der Waals surface area contributed by atoms with Crippen LogP contribution in [0.25, 0.3) is 0 Å². The van der Waals surface area contributed by atoms with Crippen LogP contribution in [0.15, 0.2) is 35.7 Å². The Morgan fingerprint density at radius 2 is 1.30 bits per heavy atom. The summed E-state index contributed by atoms with van der Waals surface area (Å²) in [5.74, 6) is 0.760. The molecule has 0 aliphatic heterocycles. The zero-order chi connectivity index (χ0) is 32.5. The van der Waals surface area contributed by atoms with Crippen molar-refractivity contribution in [2.75, 3.05) is 13.1 Å². The van der Waals surface area contributed by atoms with Gasteiger partial charge in [0, 0.05) is 23.9 Å². The Balaban J connectivity index is 1.17. The summed E-state index contributed by atoms with van der Waals surface area (Å²) in [6, 6.07) is 11.3. The van der Waals surface area contributed by atoms with Gasteiger partial charge in [-0.25, -0.2) is 0 Å². The van der Waals surface area contributed by atoms with Crippen molar-refractivity contribution >= 4 is 17.3 Å². The molecule has 2 aromatic rings. The molecule has 1 aromatic heterocycles. The Morgan fingerprint density at radius 3 is 1.85 bits per heavy atom. The molecule has 1 aliphatic rings. The Bertz CT molecular complexity index is 1020. The minimum Gasteiger partial charge on any atom is -0.426 e. The Morgan fingerprint density at radius 1 is 0.717 bits per heavy atom. The number of carbonyl (C=O) groups excluding carboxylic acids is 1. The number of rotatable bonds is 28. The van der Waals surface area contributed by atoms with Crippen molar-refractivity contribution in [2.45, 2.75) is 187 Å². The fourth-order valence-corrected chi connectivity index (χ4v) is 8.03. The first-order valence-electron chi connectivity index (χ1n) is 19.8. The number of carbonyl (C=O) groups is 1. The third kappa shape index (κ3) is 16.4. The monoisotopic (exact) mass is 652 g/mol. The minimum absolute atomic E-state index is 0.0542.